The van der Waals surface area contributed by atoms with E-state index in [0.29, 0.717) is 5.56 Å². The van der Waals surface area contributed by atoms with Gasteiger partial charge in [0.2, 0.25) is 5.78 Å². The number of carbonyl (C=O) groups is 3. The van der Waals surface area contributed by atoms with E-state index in [4.69, 9.17) is 4.74 Å². The van der Waals surface area contributed by atoms with E-state index in [-0.39, 0.29) is 22.7 Å². The second kappa shape index (κ2) is 10.6. The van der Waals surface area contributed by atoms with Crippen LogP contribution >= 0.6 is 0 Å². The largest absolute Gasteiger partial charge is 0.422 e. The third kappa shape index (κ3) is 5.75. The van der Waals surface area contributed by atoms with Gasteiger partial charge in [-0.2, -0.15) is 0 Å². The Balaban J connectivity index is 2.04. The molecule has 1 aromatic carbocycles. The maximum absolute atomic E-state index is 12.8. The molecule has 0 unspecified atom stereocenters. The molecule has 144 valence electrons. The SMILES string of the molecule is CCCCCCCCCC=CC1=C(OC(C)=O)C(=O)c2ccccc2C1=O. The number of rotatable bonds is 10. The molecule has 0 saturated heterocycles. The van der Waals surface area contributed by atoms with Crippen molar-refractivity contribution in [3.05, 3.63) is 58.9 Å². The molecule has 0 spiro atoms. The van der Waals surface area contributed by atoms with E-state index >= 15 is 0 Å². The molecule has 0 fully saturated rings. The lowest BCUT2D eigenvalue weighted by Crippen LogP contribution is -2.23. The van der Waals surface area contributed by atoms with Crippen LogP contribution in [0.2, 0.25) is 0 Å². The third-order valence-electron chi connectivity index (χ3n) is 4.62. The molecule has 0 heterocycles. The van der Waals surface area contributed by atoms with Crippen LogP contribution in [-0.4, -0.2) is 17.5 Å². The molecule has 0 atom stereocenters. The molecule has 1 aliphatic carbocycles. The second-order valence-electron chi connectivity index (χ2n) is 6.85. The van der Waals surface area contributed by atoms with Crippen molar-refractivity contribution in [3.8, 4) is 0 Å². The first-order valence-electron chi connectivity index (χ1n) is 9.84. The summed E-state index contributed by atoms with van der Waals surface area (Å²) in [4.78, 5) is 36.8. The smallest absolute Gasteiger partial charge is 0.308 e. The molecule has 0 bridgehead atoms. The van der Waals surface area contributed by atoms with Crippen molar-refractivity contribution in [1.29, 1.82) is 0 Å². The molecule has 27 heavy (non-hydrogen) atoms. The van der Waals surface area contributed by atoms with Gasteiger partial charge in [0, 0.05) is 18.1 Å². The minimum Gasteiger partial charge on any atom is -0.422 e. The van der Waals surface area contributed by atoms with Crippen LogP contribution in [0.1, 0.15) is 85.9 Å². The number of Topliss-reactive ketones (excluding diaryl/α,β-unsaturated/α-hetero) is 2. The quantitative estimate of drug-likeness (QED) is 0.399. The standard InChI is InChI=1S/C23H28O4/c1-3-4-5-6-7-8-9-10-11-16-20-21(25)18-14-12-13-15-19(18)22(26)23(20)27-17(2)24/h11-16H,3-10H2,1-2H3. The van der Waals surface area contributed by atoms with E-state index in [0.717, 1.165) is 19.3 Å². The minimum atomic E-state index is -0.608. The fraction of sp³-hybridized carbons (Fsp3) is 0.435. The number of benzene rings is 1. The molecule has 1 aromatic rings. The van der Waals surface area contributed by atoms with Gasteiger partial charge >= 0.3 is 5.97 Å². The Kier molecular flexibility index (Phi) is 8.18. The van der Waals surface area contributed by atoms with Crippen molar-refractivity contribution in [2.45, 2.75) is 65.2 Å². The molecule has 0 aliphatic heterocycles. The van der Waals surface area contributed by atoms with Crippen LogP contribution in [0, 0.1) is 0 Å². The lowest BCUT2D eigenvalue weighted by molar-refractivity contribution is -0.136. The van der Waals surface area contributed by atoms with Gasteiger partial charge in [-0.25, -0.2) is 0 Å². The Morgan fingerprint density at radius 3 is 2.15 bits per heavy atom. The number of fused-ring (bicyclic) bond motifs is 1. The highest BCUT2D eigenvalue weighted by atomic mass is 16.5. The van der Waals surface area contributed by atoms with Crippen LogP contribution in [-0.2, 0) is 9.53 Å². The van der Waals surface area contributed by atoms with E-state index in [1.807, 2.05) is 6.08 Å². The van der Waals surface area contributed by atoms with Crippen LogP contribution in [0.25, 0.3) is 0 Å². The molecule has 0 N–H and O–H groups in total. The van der Waals surface area contributed by atoms with Crippen molar-refractivity contribution in [2.75, 3.05) is 0 Å². The third-order valence-corrected chi connectivity index (χ3v) is 4.62. The summed E-state index contributed by atoms with van der Waals surface area (Å²) >= 11 is 0. The Morgan fingerprint density at radius 2 is 1.52 bits per heavy atom. The Bertz CT molecular complexity index is 755. The molecular formula is C23H28O4. The Hall–Kier alpha value is -2.49. The normalized spacial score (nSPS) is 14.0. The Labute approximate surface area is 161 Å². The average Bonchev–Trinajstić information content (AvgIpc) is 2.66. The van der Waals surface area contributed by atoms with Crippen molar-refractivity contribution in [1.82, 2.24) is 0 Å². The summed E-state index contributed by atoms with van der Waals surface area (Å²) < 4.78 is 5.10. The number of unbranched alkanes of at least 4 members (excludes halogenated alkanes) is 7. The molecule has 0 radical (unpaired) electrons. The average molecular weight is 368 g/mol. The molecule has 0 aromatic heterocycles. The maximum Gasteiger partial charge on any atom is 0.308 e. The zero-order chi connectivity index (χ0) is 19.6. The van der Waals surface area contributed by atoms with Crippen LogP contribution in [0.5, 0.6) is 0 Å². The second-order valence-corrected chi connectivity index (χ2v) is 6.85. The summed E-state index contributed by atoms with van der Waals surface area (Å²) in [6.07, 6.45) is 12.9. The number of ketones is 2. The summed E-state index contributed by atoms with van der Waals surface area (Å²) in [5.74, 6) is -1.47. The summed E-state index contributed by atoms with van der Waals surface area (Å²) in [6.45, 7) is 3.43. The lowest BCUT2D eigenvalue weighted by Gasteiger charge is -2.18. The highest BCUT2D eigenvalue weighted by Crippen LogP contribution is 2.28. The number of hydrogen-bond acceptors (Lipinski definition) is 4. The number of allylic oxidation sites excluding steroid dienone is 4. The van der Waals surface area contributed by atoms with Crippen molar-refractivity contribution in [3.63, 3.8) is 0 Å². The van der Waals surface area contributed by atoms with Gasteiger partial charge in [-0.3, -0.25) is 14.4 Å². The number of hydrogen-bond donors (Lipinski definition) is 0. The zero-order valence-corrected chi connectivity index (χ0v) is 16.3. The summed E-state index contributed by atoms with van der Waals surface area (Å²) in [7, 11) is 0. The van der Waals surface area contributed by atoms with Gasteiger partial charge in [0.05, 0.1) is 5.57 Å². The first kappa shape index (κ1) is 20.8. The van der Waals surface area contributed by atoms with Gasteiger partial charge in [-0.1, -0.05) is 81.9 Å². The highest BCUT2D eigenvalue weighted by Gasteiger charge is 2.32. The van der Waals surface area contributed by atoms with Crippen LogP contribution in [0.15, 0.2) is 47.7 Å². The molecule has 2 rings (SSSR count). The van der Waals surface area contributed by atoms with Crippen molar-refractivity contribution in [2.24, 2.45) is 0 Å². The Morgan fingerprint density at radius 1 is 0.926 bits per heavy atom. The summed E-state index contributed by atoms with van der Waals surface area (Å²) in [5.41, 5.74) is 0.800. The molecule has 0 saturated carbocycles. The lowest BCUT2D eigenvalue weighted by atomic mass is 9.87. The predicted octanol–water partition coefficient (Wildman–Crippen LogP) is 5.58. The molecule has 4 nitrogen and oxygen atoms in total. The predicted molar refractivity (Wildman–Crippen MR) is 106 cm³/mol. The topological polar surface area (TPSA) is 60.4 Å². The van der Waals surface area contributed by atoms with Gasteiger partial charge in [0.25, 0.3) is 0 Å². The fourth-order valence-electron chi connectivity index (χ4n) is 3.19. The molecule has 4 heteroatoms. The zero-order valence-electron chi connectivity index (χ0n) is 16.3. The van der Waals surface area contributed by atoms with E-state index in [9.17, 15) is 14.4 Å². The number of esters is 1. The van der Waals surface area contributed by atoms with Gasteiger partial charge in [0.1, 0.15) is 0 Å². The van der Waals surface area contributed by atoms with E-state index in [1.54, 1.807) is 30.3 Å². The first-order chi connectivity index (χ1) is 13.1. The van der Waals surface area contributed by atoms with Crippen LogP contribution in [0.4, 0.5) is 0 Å². The highest BCUT2D eigenvalue weighted by molar-refractivity contribution is 6.27. The first-order valence-corrected chi connectivity index (χ1v) is 9.84. The summed E-state index contributed by atoms with van der Waals surface area (Å²) in [6, 6.07) is 6.62. The number of ether oxygens (including phenoxy) is 1. The van der Waals surface area contributed by atoms with E-state index in [2.05, 4.69) is 6.92 Å². The van der Waals surface area contributed by atoms with Gasteiger partial charge in [-0.05, 0) is 12.8 Å². The fourth-order valence-corrected chi connectivity index (χ4v) is 3.19. The van der Waals surface area contributed by atoms with E-state index in [1.165, 1.54) is 39.0 Å². The molecular weight excluding hydrogens is 340 g/mol. The maximum atomic E-state index is 12.8. The van der Waals surface area contributed by atoms with Crippen molar-refractivity contribution < 1.29 is 19.1 Å². The van der Waals surface area contributed by atoms with Crippen molar-refractivity contribution >= 4 is 17.5 Å². The van der Waals surface area contributed by atoms with Crippen LogP contribution in [0.3, 0.4) is 0 Å². The van der Waals surface area contributed by atoms with Crippen LogP contribution < -0.4 is 0 Å². The van der Waals surface area contributed by atoms with Gasteiger partial charge < -0.3 is 4.74 Å². The monoisotopic (exact) mass is 368 g/mol. The molecule has 0 amide bonds. The van der Waals surface area contributed by atoms with Gasteiger partial charge in [-0.15, -0.1) is 0 Å². The summed E-state index contributed by atoms with van der Waals surface area (Å²) in [5, 5.41) is 0. The van der Waals surface area contributed by atoms with Gasteiger partial charge in [0.15, 0.2) is 11.5 Å². The van der Waals surface area contributed by atoms with E-state index < -0.39 is 11.8 Å². The minimum absolute atomic E-state index is 0.164. The number of carbonyl (C=O) groups excluding carboxylic acids is 3. The molecule has 1 aliphatic rings.